The number of ether oxygens (including phenoxy) is 10. The Morgan fingerprint density at radius 3 is 1.28 bits per heavy atom. The Hall–Kier alpha value is -11.2. The highest BCUT2D eigenvalue weighted by Crippen LogP contribution is 2.44. The SMILES string of the molecule is Cc1ncsc1-c1ccc(CNC(=O)[C@@H]2C[C@@H](O)CN2C(=O)C(CC(=O)COCCOCCOCCN)C(C)(C)C)cc1.Cc1ncsc1-c1ccc(CNC(=O)[C@@H]2C[C@@H](O)CN2C(=O)[C@@H](CC(=O)COCCOCCOCCCC(=O)COc2cc([C@@H](O)[C@H]3O[C@@H](n4ccc5c(N)ncnc54)[C@H](O)[C@@H]3O)ccc2Cl)C(C)(C)C)cc1.Nc1ncnc2c1ccn2[C@@H]1O[C@H]([C@H](O)c2ccc(Cl)c(OCC(=O)O)c2)[C@@H](O)[C@H]1O.[2H]CF. The zero-order valence-electron chi connectivity index (χ0n) is 84.9. The number of amides is 4. The molecule has 810 valence electrons. The average Bonchev–Trinajstić information content (AvgIpc) is 1.61. The van der Waals surface area contributed by atoms with Gasteiger partial charge in [0, 0.05) is 95.7 Å². The van der Waals surface area contributed by atoms with Gasteiger partial charge in [-0.25, -0.2) is 34.7 Å². The number of ketones is 3. The first-order valence-corrected chi connectivity index (χ1v) is 50.8. The molecule has 0 aliphatic carbocycles. The van der Waals surface area contributed by atoms with Gasteiger partial charge in [-0.05, 0) is 101 Å². The van der Waals surface area contributed by atoms with Crippen molar-refractivity contribution in [1.29, 1.82) is 0 Å². The number of benzene rings is 4. The highest BCUT2D eigenvalue weighted by molar-refractivity contribution is 7.13. The first-order chi connectivity index (χ1) is 71.6. The van der Waals surface area contributed by atoms with Gasteiger partial charge >= 0.3 is 5.97 Å². The Bertz CT molecular complexity index is 6110. The van der Waals surface area contributed by atoms with Crippen molar-refractivity contribution in [3.05, 3.63) is 177 Å². The molecule has 14 rings (SSSR count). The molecule has 17 N–H and O–H groups in total. The lowest BCUT2D eigenvalue weighted by Crippen LogP contribution is -2.50. The Morgan fingerprint density at radius 2 is 0.899 bits per heavy atom. The van der Waals surface area contributed by atoms with E-state index < -0.39 is 128 Å². The number of nitrogens with two attached hydrogens (primary N) is 3. The van der Waals surface area contributed by atoms with Gasteiger partial charge < -0.3 is 140 Å². The number of aliphatic hydroxyl groups is 8. The van der Waals surface area contributed by atoms with Gasteiger partial charge in [0.1, 0.15) is 128 Å². The Balaban J connectivity index is 0.000000233. The number of fused-ring (bicyclic) bond motifs is 2. The molecule has 10 heterocycles. The minimum Gasteiger partial charge on any atom is -0.484 e. The predicted molar refractivity (Wildman–Crippen MR) is 548 cm³/mol. The topological polar surface area (TPSA) is 607 Å². The first kappa shape index (κ1) is 116. The molecule has 0 spiro atoms. The van der Waals surface area contributed by atoms with E-state index in [1.807, 2.05) is 109 Å². The number of halogens is 3. The van der Waals surface area contributed by atoms with Crippen LogP contribution in [0.2, 0.25) is 10.0 Å². The molecule has 4 aliphatic rings. The zero-order valence-corrected chi connectivity index (χ0v) is 87.0. The van der Waals surface area contributed by atoms with Crippen molar-refractivity contribution >= 4 is 127 Å². The fourth-order valence-corrected chi connectivity index (χ4v) is 19.2. The second-order valence-electron chi connectivity index (χ2n) is 38.1. The van der Waals surface area contributed by atoms with Crippen molar-refractivity contribution in [3.8, 4) is 32.4 Å². The van der Waals surface area contributed by atoms with Crippen LogP contribution in [0.1, 0.15) is 140 Å². The number of alkyl halides is 1. The highest BCUT2D eigenvalue weighted by Gasteiger charge is 2.51. The number of nitrogen functional groups attached to an aromatic ring is 2. The van der Waals surface area contributed by atoms with Crippen molar-refractivity contribution in [2.45, 2.75) is 193 Å². The largest absolute Gasteiger partial charge is 0.484 e. The van der Waals surface area contributed by atoms with Crippen molar-refractivity contribution in [2.24, 2.45) is 28.4 Å². The summed E-state index contributed by atoms with van der Waals surface area (Å²) >= 11 is 15.5. The molecule has 6 aromatic heterocycles. The lowest BCUT2D eigenvalue weighted by Gasteiger charge is -2.34. The summed E-state index contributed by atoms with van der Waals surface area (Å²) in [6.07, 6.45) is -8.30. The number of carboxylic acids is 1. The number of likely N-dealkylation sites (tertiary alicyclic amines) is 2. The molecule has 10 aromatic rings. The molecule has 0 bridgehead atoms. The number of thiazole rings is 2. The van der Waals surface area contributed by atoms with E-state index in [1.165, 1.54) is 68.0 Å². The third-order valence-corrected chi connectivity index (χ3v) is 27.9. The summed E-state index contributed by atoms with van der Waals surface area (Å²) in [6.45, 7) is 18.0. The molecule has 1 unspecified atom stereocenters. The van der Waals surface area contributed by atoms with Gasteiger partial charge in [0.2, 0.25) is 23.6 Å². The van der Waals surface area contributed by atoms with Crippen molar-refractivity contribution in [2.75, 3.05) is 131 Å². The molecule has 4 fully saturated rings. The van der Waals surface area contributed by atoms with Crippen LogP contribution in [-0.4, -0.2) is 322 Å². The number of nitrogens with zero attached hydrogens (tertiary/aromatic N) is 10. The van der Waals surface area contributed by atoms with Crippen LogP contribution < -0.4 is 37.3 Å². The molecule has 0 saturated carbocycles. The van der Waals surface area contributed by atoms with Gasteiger partial charge in [0.25, 0.3) is 0 Å². The summed E-state index contributed by atoms with van der Waals surface area (Å²) in [5.41, 5.74) is 26.7. The fraction of sp³-hybridized carbons (Fsp3) is 0.510. The smallest absolute Gasteiger partial charge is 0.341 e. The number of rotatable bonds is 48. The molecular formula is C102H132Cl2FN15O27S2. The predicted octanol–water partition coefficient (Wildman–Crippen LogP) is 7.52. The second kappa shape index (κ2) is 56.2. The summed E-state index contributed by atoms with van der Waals surface area (Å²) in [4.78, 5) is 134. The molecule has 4 aliphatic heterocycles. The van der Waals surface area contributed by atoms with E-state index in [2.05, 4.69) is 40.5 Å². The average molecular weight is 2160 g/mol. The maximum atomic E-state index is 14.0. The lowest BCUT2D eigenvalue weighted by molar-refractivity contribution is -0.147. The Labute approximate surface area is 879 Å². The number of β-amino-alcohol motifs (C(OH)–C–C–N with tert-alkyl or cyclic N) is 2. The number of aryl methyl sites for hydroxylation is 2. The number of aliphatic hydroxyl groups excluding tert-OH is 8. The van der Waals surface area contributed by atoms with Crippen LogP contribution in [0.5, 0.6) is 11.5 Å². The normalized spacial score (nSPS) is 20.5. The van der Waals surface area contributed by atoms with Crippen LogP contribution in [0.4, 0.5) is 16.0 Å². The molecule has 16 atom stereocenters. The number of aromatic nitrogens is 8. The van der Waals surface area contributed by atoms with E-state index in [9.17, 15) is 83.6 Å². The maximum Gasteiger partial charge on any atom is 0.341 e. The zero-order chi connectivity index (χ0) is 109. The maximum absolute atomic E-state index is 14.0. The Kier molecular flexibility index (Phi) is 43.9. The third kappa shape index (κ3) is 32.2. The van der Waals surface area contributed by atoms with Crippen LogP contribution in [0.3, 0.4) is 0 Å². The molecule has 149 heavy (non-hydrogen) atoms. The number of carbonyl (C=O) groups is 8. The molecule has 4 aromatic carbocycles. The van der Waals surface area contributed by atoms with Gasteiger partial charge in [-0.2, -0.15) is 0 Å². The number of hydrogen-bond acceptors (Lipinski definition) is 37. The highest BCUT2D eigenvalue weighted by atomic mass is 35.5. The number of carboxylic acid groups (broad SMARTS) is 1. The summed E-state index contributed by atoms with van der Waals surface area (Å²) in [6, 6.07) is 26.1. The molecule has 4 amide bonds. The quantitative estimate of drug-likeness (QED) is 0.0164. The Morgan fingerprint density at radius 1 is 0.517 bits per heavy atom. The first-order valence-electron chi connectivity index (χ1n) is 49.0. The molecular weight excluding hydrogens is 2020 g/mol. The number of anilines is 2. The van der Waals surface area contributed by atoms with E-state index in [-0.39, 0.29) is 196 Å². The minimum atomic E-state index is -1.47. The number of aliphatic carboxylic acids is 1. The fourth-order valence-electron chi connectivity index (χ4n) is 17.3. The molecule has 4 saturated heterocycles. The van der Waals surface area contributed by atoms with Crippen LogP contribution in [-0.2, 0) is 89.3 Å². The summed E-state index contributed by atoms with van der Waals surface area (Å²) in [5.74, 6) is -4.03. The molecule has 0 radical (unpaired) electrons. The van der Waals surface area contributed by atoms with Gasteiger partial charge in [-0.3, -0.25) is 38.0 Å². The van der Waals surface area contributed by atoms with Crippen LogP contribution in [0.15, 0.2) is 133 Å². The van der Waals surface area contributed by atoms with Gasteiger partial charge in [-0.15, -0.1) is 22.7 Å². The van der Waals surface area contributed by atoms with E-state index >= 15 is 0 Å². The lowest BCUT2D eigenvalue weighted by atomic mass is 9.77. The van der Waals surface area contributed by atoms with E-state index in [0.717, 1.165) is 43.4 Å². The van der Waals surface area contributed by atoms with Gasteiger partial charge in [0.15, 0.2) is 36.4 Å². The molecule has 47 heteroatoms. The standard InChI is InChI=1S/C51H64ClN7O13S.C31H46N4O7S.C19H19ClN4O7.CH3F/c1-29-45(73-28-57-29)31-9-7-30(8-10-31)23-54-48(66)39-22-34(61)24-59(39)49(67)37(51(2,3)4)21-35(62)25-70-19-18-69-17-16-68-15-5-6-33(60)26-71-40-20-32(11-12-38(40)52)41(63)44-42(64)43(65)50(72-44)58-14-13-36-46(53)55-27-56-47(36)58;1-21-28(43-20-34-21)23-7-5-22(6-8-23)17-33-29(38)27-16-24(36)18-35(27)30(39)26(31(2,3)4)15-25(37)19-42-14-13-41-12-11-40-10-9-32;20-10-2-1-8(5-11(10)30-6-12(25)26)13(27)16-14(28)15(29)19(31-16)24-4-3-9-17(21)22-7-23-18(9)24;1-2/h7-14,20,27-28,34,37,39,41-44,50,61,63-65H,5-6,15-19,21-26H2,1-4H3,(H,54,66)(H2,53,55,56);5-8,20,24,26-27,36H,9-19,32H2,1-4H3,(H,33,38);1-5,7,13-16,19,27-29H,6H2,(H,25,26)(H2,21,22,23);1H3/t34-,37-,39+,41-,42+,43-,44-,50-;24-,26?,27+;13-,14+,15-,16-,19-;/m111./s1/i;;;1D. The van der Waals surface area contributed by atoms with Crippen LogP contribution in [0, 0.1) is 36.5 Å². The summed E-state index contributed by atoms with van der Waals surface area (Å²) in [7, 11) is -1.00. The van der Waals surface area contributed by atoms with E-state index in [1.54, 1.807) is 52.7 Å². The summed E-state index contributed by atoms with van der Waals surface area (Å²) < 4.78 is 73.9. The van der Waals surface area contributed by atoms with Crippen molar-refractivity contribution in [3.63, 3.8) is 0 Å². The van der Waals surface area contributed by atoms with E-state index in [0.29, 0.717) is 68.0 Å². The second-order valence-corrected chi connectivity index (χ2v) is 40.6. The number of nitrogens with one attached hydrogen (secondary N) is 2. The van der Waals surface area contributed by atoms with Crippen LogP contribution >= 0.6 is 45.9 Å². The monoisotopic (exact) mass is 2150 g/mol. The number of Topliss-reactive ketones (excluding diaryl/α,β-unsaturated/α-hetero) is 3. The number of carbonyl (C=O) groups excluding carboxylic acids is 7. The minimum absolute atomic E-state index is 0.00511. The van der Waals surface area contributed by atoms with Gasteiger partial charge in [-0.1, -0.05) is 125 Å². The third-order valence-electron chi connectivity index (χ3n) is 25.3. The van der Waals surface area contributed by atoms with Crippen molar-refractivity contribution < 1.29 is 137 Å². The summed E-state index contributed by atoms with van der Waals surface area (Å²) in [5, 5.41) is 102. The van der Waals surface area contributed by atoms with Gasteiger partial charge in [0.05, 0.1) is 133 Å². The molecule has 42 nitrogen and oxygen atoms in total. The van der Waals surface area contributed by atoms with Crippen molar-refractivity contribution in [1.82, 2.24) is 59.5 Å². The van der Waals surface area contributed by atoms with E-state index in [4.69, 9.17) is 94.2 Å². The van der Waals surface area contributed by atoms with Crippen LogP contribution in [0.25, 0.3) is 42.9 Å². The number of hydrogen-bond donors (Lipinski definition) is 14.